The van der Waals surface area contributed by atoms with E-state index in [0.717, 1.165) is 24.2 Å². The molecule has 0 amide bonds. The zero-order chi connectivity index (χ0) is 31.4. The van der Waals surface area contributed by atoms with Gasteiger partial charge in [-0.15, -0.1) is 0 Å². The van der Waals surface area contributed by atoms with Crippen molar-refractivity contribution in [2.24, 2.45) is 0 Å². The van der Waals surface area contributed by atoms with Gasteiger partial charge in [0.25, 0.3) is 0 Å². The number of alkyl halides is 1. The van der Waals surface area contributed by atoms with Gasteiger partial charge in [-0.25, -0.2) is 23.5 Å². The minimum Gasteiger partial charge on any atom is -0.508 e. The summed E-state index contributed by atoms with van der Waals surface area (Å²) in [5, 5.41) is 11.1. The number of phenolic OH excluding ortho intramolecular Hbond substituents is 1. The third kappa shape index (κ3) is 5.16. The molecule has 3 aliphatic rings. The molecule has 2 fully saturated rings. The minimum atomic E-state index is -0.711. The first-order valence-corrected chi connectivity index (χ1v) is 14.7. The summed E-state index contributed by atoms with van der Waals surface area (Å²) in [5.74, 6) is -0.0501. The van der Waals surface area contributed by atoms with Crippen LogP contribution in [-0.4, -0.2) is 62.4 Å². The topological polar surface area (TPSA) is 144 Å². The molecule has 2 unspecified atom stereocenters. The average Bonchev–Trinajstić information content (AvgIpc) is 3.73. The Hall–Kier alpha value is -4.91. The van der Waals surface area contributed by atoms with Crippen molar-refractivity contribution in [1.29, 1.82) is 0 Å². The van der Waals surface area contributed by atoms with Gasteiger partial charge in [-0.2, -0.15) is 9.97 Å². The van der Waals surface area contributed by atoms with Gasteiger partial charge in [-0.05, 0) is 56.3 Å². The molecule has 0 saturated carbocycles. The maximum atomic E-state index is 14.9. The van der Waals surface area contributed by atoms with Crippen molar-refractivity contribution in [2.45, 2.75) is 51.5 Å². The lowest BCUT2D eigenvalue weighted by atomic mass is 9.98. The van der Waals surface area contributed by atoms with Crippen LogP contribution in [0.5, 0.6) is 11.8 Å². The van der Waals surface area contributed by atoms with Crippen LogP contribution in [0.15, 0.2) is 45.7 Å². The molecule has 3 aliphatic heterocycles. The van der Waals surface area contributed by atoms with Crippen LogP contribution in [0.3, 0.4) is 0 Å². The normalized spacial score (nSPS) is 19.1. The fraction of sp³-hybridized carbons (Fsp3) is 0.344. The van der Waals surface area contributed by atoms with Crippen molar-refractivity contribution in [3.8, 4) is 23.1 Å². The Labute approximate surface area is 256 Å². The van der Waals surface area contributed by atoms with Gasteiger partial charge in [0.2, 0.25) is 5.95 Å². The summed E-state index contributed by atoms with van der Waals surface area (Å²) < 4.78 is 38.6. The first-order chi connectivity index (χ1) is 21.7. The highest BCUT2D eigenvalue weighted by atomic mass is 19.1. The van der Waals surface area contributed by atoms with E-state index in [1.807, 2.05) is 4.90 Å². The fourth-order valence-corrected chi connectivity index (χ4v) is 6.68. The van der Waals surface area contributed by atoms with Crippen LogP contribution in [0.25, 0.3) is 33.0 Å². The van der Waals surface area contributed by atoms with Crippen molar-refractivity contribution < 1.29 is 23.0 Å². The Morgan fingerprint density at radius 3 is 2.80 bits per heavy atom. The van der Waals surface area contributed by atoms with Gasteiger partial charge in [-0.3, -0.25) is 4.90 Å². The number of aromatic nitrogens is 4. The number of hydrogen-bond donors (Lipinski definition) is 2. The van der Waals surface area contributed by atoms with Gasteiger partial charge in [0.15, 0.2) is 5.82 Å². The molecule has 3 aromatic heterocycles. The smallest absolute Gasteiger partial charge is 0.349 e. The van der Waals surface area contributed by atoms with Gasteiger partial charge in [-0.1, -0.05) is 12.1 Å². The Morgan fingerprint density at radius 2 is 2.00 bits per heavy atom. The quantitative estimate of drug-likeness (QED) is 0.293. The second-order valence-electron chi connectivity index (χ2n) is 11.6. The Balaban J connectivity index is 0.000000308. The van der Waals surface area contributed by atoms with Crippen LogP contribution in [0.4, 0.5) is 20.5 Å². The van der Waals surface area contributed by atoms with E-state index >= 15 is 0 Å². The molecular weight excluding hydrogens is 584 g/mol. The number of phenols is 1. The average molecular weight is 616 g/mol. The zero-order valence-electron chi connectivity index (χ0n) is 24.8. The largest absolute Gasteiger partial charge is 0.508 e. The predicted molar refractivity (Wildman–Crippen MR) is 164 cm³/mol. The maximum Gasteiger partial charge on any atom is 0.349 e. The number of methoxy groups -OCH3 is 1. The van der Waals surface area contributed by atoms with E-state index in [-0.39, 0.29) is 45.3 Å². The van der Waals surface area contributed by atoms with Crippen LogP contribution in [0.2, 0.25) is 0 Å². The lowest BCUT2D eigenvalue weighted by Crippen LogP contribution is -2.22. The zero-order valence-corrected chi connectivity index (χ0v) is 24.8. The third-order valence-corrected chi connectivity index (χ3v) is 8.74. The fourth-order valence-electron chi connectivity index (χ4n) is 6.68. The van der Waals surface area contributed by atoms with Crippen molar-refractivity contribution in [2.75, 3.05) is 30.8 Å². The van der Waals surface area contributed by atoms with Gasteiger partial charge in [0.05, 0.1) is 24.9 Å². The molecule has 8 rings (SSSR count). The molecule has 5 aromatic rings. The van der Waals surface area contributed by atoms with E-state index in [0.29, 0.717) is 42.4 Å². The number of hydrogen-bond acceptors (Lipinski definition) is 11. The number of aryl methyl sites for hydroxylation is 1. The predicted octanol–water partition coefficient (Wildman–Crippen LogP) is 4.65. The maximum absolute atomic E-state index is 14.9. The summed E-state index contributed by atoms with van der Waals surface area (Å²) in [6, 6.07) is 7.98. The van der Waals surface area contributed by atoms with Gasteiger partial charge >= 0.3 is 11.6 Å². The highest BCUT2D eigenvalue weighted by molar-refractivity contribution is 6.00. The van der Waals surface area contributed by atoms with Crippen LogP contribution >= 0.6 is 0 Å². The molecule has 2 aromatic carbocycles. The number of anilines is 2. The number of aromatic hydroxyl groups is 1. The number of rotatable bonds is 3. The van der Waals surface area contributed by atoms with Crippen LogP contribution in [-0.2, 0) is 13.1 Å². The van der Waals surface area contributed by atoms with Crippen molar-refractivity contribution >= 4 is 33.4 Å². The standard InChI is InChI=1S/C25H19FN6O4.C7H12FN/c1-11-20-19(22(31-25(30-20)35-2)32-9-13-8-28-24(27)29-17(13)10-32)23(34)36-21(11)15-7-14(33)6-12-4-3-5-16(26)18(12)15;8-6-4-7-2-1-3-9(7)5-6/h3-8,33H,9-10H2,1-2H3,(H2,27,28,29);6-7H,1-5H2. The number of nitrogens with two attached hydrogens (primary N) is 1. The molecule has 232 valence electrons. The van der Waals surface area contributed by atoms with Gasteiger partial charge < -0.3 is 24.9 Å². The molecule has 45 heavy (non-hydrogen) atoms. The number of nitrogen functional groups attached to an aromatic ring is 1. The van der Waals surface area contributed by atoms with Crippen molar-refractivity contribution in [3.05, 3.63) is 69.6 Å². The number of ether oxygens (including phenoxy) is 1. The van der Waals surface area contributed by atoms with Crippen LogP contribution in [0, 0.1) is 12.7 Å². The SMILES string of the molecule is COc1nc(N2Cc3cnc(N)nc3C2)c2c(=O)oc(-c3cc(O)cc4cccc(F)c34)c(C)c2n1.FC1CC2CCCN2C1. The molecule has 0 bridgehead atoms. The number of halogens is 2. The third-order valence-electron chi connectivity index (χ3n) is 8.74. The summed E-state index contributed by atoms with van der Waals surface area (Å²) in [7, 11) is 1.43. The number of fused-ring (bicyclic) bond motifs is 4. The highest BCUT2D eigenvalue weighted by Gasteiger charge is 2.35. The first kappa shape index (κ1) is 28.8. The molecule has 0 aliphatic carbocycles. The molecule has 6 heterocycles. The van der Waals surface area contributed by atoms with Crippen molar-refractivity contribution in [1.82, 2.24) is 24.8 Å². The molecule has 0 spiro atoms. The Morgan fingerprint density at radius 1 is 1.16 bits per heavy atom. The number of nitrogens with zero attached hydrogens (tertiary/aromatic N) is 6. The molecule has 0 radical (unpaired) electrons. The molecule has 13 heteroatoms. The minimum absolute atomic E-state index is 0.0469. The second-order valence-corrected chi connectivity index (χ2v) is 11.6. The van der Waals surface area contributed by atoms with Crippen LogP contribution in [0.1, 0.15) is 36.1 Å². The summed E-state index contributed by atoms with van der Waals surface area (Å²) in [5.41, 5.74) is 7.59. The summed E-state index contributed by atoms with van der Waals surface area (Å²) in [6.45, 7) is 4.31. The Bertz CT molecular complexity index is 2010. The van der Waals surface area contributed by atoms with E-state index in [9.17, 15) is 18.7 Å². The van der Waals surface area contributed by atoms with E-state index < -0.39 is 17.6 Å². The number of benzene rings is 2. The van der Waals surface area contributed by atoms with Crippen LogP contribution < -0.4 is 21.0 Å². The monoisotopic (exact) mass is 615 g/mol. The van der Waals surface area contributed by atoms with Crippen molar-refractivity contribution in [3.63, 3.8) is 0 Å². The van der Waals surface area contributed by atoms with E-state index in [4.69, 9.17) is 14.9 Å². The van der Waals surface area contributed by atoms with Gasteiger partial charge in [0.1, 0.15) is 28.9 Å². The summed E-state index contributed by atoms with van der Waals surface area (Å²) in [4.78, 5) is 34.7. The van der Waals surface area contributed by atoms with E-state index in [2.05, 4.69) is 24.8 Å². The molecule has 3 N–H and O–H groups in total. The second kappa shape index (κ2) is 11.2. The van der Waals surface area contributed by atoms with E-state index in [1.165, 1.54) is 38.2 Å². The summed E-state index contributed by atoms with van der Waals surface area (Å²) in [6.07, 6.45) is 4.46. The summed E-state index contributed by atoms with van der Waals surface area (Å²) >= 11 is 0. The molecule has 11 nitrogen and oxygen atoms in total. The van der Waals surface area contributed by atoms with Gasteiger partial charge in [0, 0.05) is 47.4 Å². The first-order valence-electron chi connectivity index (χ1n) is 14.7. The molecule has 2 atom stereocenters. The van der Waals surface area contributed by atoms with E-state index in [1.54, 1.807) is 25.3 Å². The molecular formula is C32H31F2N7O4. The molecule has 2 saturated heterocycles. The highest BCUT2D eigenvalue weighted by Crippen LogP contribution is 2.39. The lowest BCUT2D eigenvalue weighted by Gasteiger charge is -2.19. The Kier molecular flexibility index (Phi) is 7.19. The lowest BCUT2D eigenvalue weighted by molar-refractivity contribution is 0.292.